The molecule has 0 atom stereocenters. The SMILES string of the molecule is COCC(COC)n1ccc2c3c(N)nc(N)nc3ccc21. The van der Waals surface area contributed by atoms with Gasteiger partial charge in [-0.15, -0.1) is 0 Å². The summed E-state index contributed by atoms with van der Waals surface area (Å²) in [5, 5.41) is 1.81. The largest absolute Gasteiger partial charge is 0.383 e. The number of hydrogen-bond donors (Lipinski definition) is 2. The Morgan fingerprint density at radius 2 is 1.82 bits per heavy atom. The van der Waals surface area contributed by atoms with Crippen LogP contribution in [0.5, 0.6) is 0 Å². The van der Waals surface area contributed by atoms with Crippen molar-refractivity contribution < 1.29 is 9.47 Å². The molecule has 22 heavy (non-hydrogen) atoms. The van der Waals surface area contributed by atoms with E-state index in [4.69, 9.17) is 20.9 Å². The van der Waals surface area contributed by atoms with Gasteiger partial charge in [-0.05, 0) is 18.2 Å². The molecule has 0 saturated carbocycles. The molecule has 0 fully saturated rings. The normalized spacial score (nSPS) is 11.8. The molecule has 3 aromatic rings. The number of rotatable bonds is 5. The smallest absolute Gasteiger partial charge is 0.222 e. The van der Waals surface area contributed by atoms with Crippen LogP contribution in [0.25, 0.3) is 21.8 Å². The Kier molecular flexibility index (Phi) is 3.82. The van der Waals surface area contributed by atoms with Crippen molar-refractivity contribution >= 4 is 33.6 Å². The minimum atomic E-state index is 0.0841. The van der Waals surface area contributed by atoms with Crippen LogP contribution in [-0.2, 0) is 9.47 Å². The first-order valence-electron chi connectivity index (χ1n) is 6.95. The zero-order valence-corrected chi connectivity index (χ0v) is 12.6. The molecule has 2 aromatic heterocycles. The van der Waals surface area contributed by atoms with Gasteiger partial charge in [0.1, 0.15) is 5.82 Å². The lowest BCUT2D eigenvalue weighted by Crippen LogP contribution is -2.18. The van der Waals surface area contributed by atoms with Gasteiger partial charge in [-0.2, -0.15) is 4.98 Å². The van der Waals surface area contributed by atoms with Crippen LogP contribution >= 0.6 is 0 Å². The highest BCUT2D eigenvalue weighted by Crippen LogP contribution is 2.30. The summed E-state index contributed by atoms with van der Waals surface area (Å²) < 4.78 is 12.7. The van der Waals surface area contributed by atoms with E-state index in [9.17, 15) is 0 Å². The van der Waals surface area contributed by atoms with Crippen LogP contribution < -0.4 is 11.5 Å². The molecule has 0 amide bonds. The zero-order valence-electron chi connectivity index (χ0n) is 12.6. The molecule has 7 heteroatoms. The highest BCUT2D eigenvalue weighted by Gasteiger charge is 2.16. The van der Waals surface area contributed by atoms with Crippen LogP contribution in [0.2, 0.25) is 0 Å². The van der Waals surface area contributed by atoms with Gasteiger partial charge in [0.25, 0.3) is 0 Å². The van der Waals surface area contributed by atoms with E-state index in [-0.39, 0.29) is 12.0 Å². The van der Waals surface area contributed by atoms with Crippen molar-refractivity contribution in [2.24, 2.45) is 0 Å². The van der Waals surface area contributed by atoms with E-state index in [1.807, 2.05) is 24.4 Å². The summed E-state index contributed by atoms with van der Waals surface area (Å²) in [6, 6.07) is 5.99. The van der Waals surface area contributed by atoms with Crippen molar-refractivity contribution in [3.05, 3.63) is 24.4 Å². The van der Waals surface area contributed by atoms with Gasteiger partial charge in [-0.25, -0.2) is 4.98 Å². The fourth-order valence-corrected chi connectivity index (χ4v) is 2.83. The number of nitrogens with two attached hydrogens (primary N) is 2. The fourth-order valence-electron chi connectivity index (χ4n) is 2.83. The topological polar surface area (TPSA) is 101 Å². The molecule has 4 N–H and O–H groups in total. The van der Waals surface area contributed by atoms with E-state index in [0.29, 0.717) is 19.0 Å². The molecule has 7 nitrogen and oxygen atoms in total. The van der Waals surface area contributed by atoms with E-state index in [1.165, 1.54) is 0 Å². The summed E-state index contributed by atoms with van der Waals surface area (Å²) in [5.41, 5.74) is 13.5. The average Bonchev–Trinajstić information content (AvgIpc) is 2.90. The maximum absolute atomic E-state index is 6.04. The third-order valence-electron chi connectivity index (χ3n) is 3.72. The number of hydrogen-bond acceptors (Lipinski definition) is 6. The molecule has 0 aliphatic carbocycles. The summed E-state index contributed by atoms with van der Waals surface area (Å²) in [6.07, 6.45) is 2.00. The summed E-state index contributed by atoms with van der Waals surface area (Å²) in [5.74, 6) is 0.571. The van der Waals surface area contributed by atoms with Gasteiger partial charge in [0.05, 0.1) is 30.2 Å². The number of anilines is 2. The van der Waals surface area contributed by atoms with Crippen molar-refractivity contribution in [1.82, 2.24) is 14.5 Å². The molecular weight excluding hydrogens is 282 g/mol. The maximum atomic E-state index is 6.04. The van der Waals surface area contributed by atoms with Crippen LogP contribution in [0, 0.1) is 0 Å². The second-order valence-corrected chi connectivity index (χ2v) is 5.15. The molecule has 0 radical (unpaired) electrons. The summed E-state index contributed by atoms with van der Waals surface area (Å²) in [7, 11) is 3.36. The van der Waals surface area contributed by atoms with E-state index < -0.39 is 0 Å². The third kappa shape index (κ3) is 2.34. The highest BCUT2D eigenvalue weighted by atomic mass is 16.5. The molecule has 0 saturated heterocycles. The molecule has 3 rings (SSSR count). The molecule has 1 aromatic carbocycles. The third-order valence-corrected chi connectivity index (χ3v) is 3.72. The minimum absolute atomic E-state index is 0.0841. The van der Waals surface area contributed by atoms with Crippen LogP contribution in [0.3, 0.4) is 0 Å². The first-order chi connectivity index (χ1) is 10.7. The first kappa shape index (κ1) is 14.6. The molecule has 0 aliphatic heterocycles. The molecule has 116 valence electrons. The quantitative estimate of drug-likeness (QED) is 0.742. The van der Waals surface area contributed by atoms with Crippen molar-refractivity contribution in [3.8, 4) is 0 Å². The van der Waals surface area contributed by atoms with E-state index in [1.54, 1.807) is 14.2 Å². The van der Waals surface area contributed by atoms with E-state index in [0.717, 1.165) is 21.8 Å². The molecule has 0 unspecified atom stereocenters. The van der Waals surface area contributed by atoms with Crippen molar-refractivity contribution in [3.63, 3.8) is 0 Å². The molecule has 0 spiro atoms. The van der Waals surface area contributed by atoms with Crippen molar-refractivity contribution in [1.29, 1.82) is 0 Å². The molecule has 2 heterocycles. The number of methoxy groups -OCH3 is 2. The Morgan fingerprint density at radius 1 is 1.09 bits per heavy atom. The van der Waals surface area contributed by atoms with Crippen molar-refractivity contribution in [2.45, 2.75) is 6.04 Å². The van der Waals surface area contributed by atoms with Crippen LogP contribution in [-0.4, -0.2) is 42.0 Å². The number of nitrogens with zero attached hydrogens (tertiary/aromatic N) is 3. The first-order valence-corrected chi connectivity index (χ1v) is 6.95. The Bertz CT molecular complexity index is 808. The molecular formula is C15H19N5O2. The standard InChI is InChI=1S/C15H19N5O2/c1-21-7-9(8-22-2)20-6-5-10-12(20)4-3-11-13(10)14(16)19-15(17)18-11/h3-6,9H,7-8H2,1-2H3,(H4,16,17,18,19). The minimum Gasteiger partial charge on any atom is -0.383 e. The second-order valence-electron chi connectivity index (χ2n) is 5.15. The Hall–Kier alpha value is -2.38. The fraction of sp³-hybridized carbons (Fsp3) is 0.333. The number of ether oxygens (including phenoxy) is 2. The monoisotopic (exact) mass is 301 g/mol. The summed E-state index contributed by atoms with van der Waals surface area (Å²) in [6.45, 7) is 1.12. The average molecular weight is 301 g/mol. The molecule has 0 bridgehead atoms. The van der Waals surface area contributed by atoms with Gasteiger partial charge in [0, 0.05) is 31.3 Å². The van der Waals surface area contributed by atoms with Gasteiger partial charge in [0.15, 0.2) is 0 Å². The lowest BCUT2D eigenvalue weighted by Gasteiger charge is -2.18. The van der Waals surface area contributed by atoms with Crippen LogP contribution in [0.1, 0.15) is 6.04 Å². The van der Waals surface area contributed by atoms with Crippen molar-refractivity contribution in [2.75, 3.05) is 38.9 Å². The van der Waals surface area contributed by atoms with Gasteiger partial charge in [-0.3, -0.25) is 0 Å². The number of aromatic nitrogens is 3. The van der Waals surface area contributed by atoms with E-state index in [2.05, 4.69) is 14.5 Å². The predicted molar refractivity (Wildman–Crippen MR) is 86.6 cm³/mol. The van der Waals surface area contributed by atoms with Gasteiger partial charge >= 0.3 is 0 Å². The summed E-state index contributed by atoms with van der Waals surface area (Å²) in [4.78, 5) is 8.31. The van der Waals surface area contributed by atoms with Crippen LogP contribution in [0.4, 0.5) is 11.8 Å². The maximum Gasteiger partial charge on any atom is 0.222 e. The predicted octanol–water partition coefficient (Wildman–Crippen LogP) is 1.58. The molecule has 0 aliphatic rings. The zero-order chi connectivity index (χ0) is 15.7. The van der Waals surface area contributed by atoms with Crippen LogP contribution in [0.15, 0.2) is 24.4 Å². The lowest BCUT2D eigenvalue weighted by molar-refractivity contribution is 0.0914. The number of fused-ring (bicyclic) bond motifs is 3. The Labute approximate surface area is 127 Å². The van der Waals surface area contributed by atoms with Gasteiger partial charge < -0.3 is 25.5 Å². The number of benzene rings is 1. The second kappa shape index (κ2) is 5.78. The van der Waals surface area contributed by atoms with E-state index >= 15 is 0 Å². The van der Waals surface area contributed by atoms with Gasteiger partial charge in [0.2, 0.25) is 5.95 Å². The Morgan fingerprint density at radius 3 is 2.50 bits per heavy atom. The van der Waals surface area contributed by atoms with Gasteiger partial charge in [-0.1, -0.05) is 0 Å². The number of nitrogen functional groups attached to an aromatic ring is 2. The Balaban J connectivity index is 2.21. The highest BCUT2D eigenvalue weighted by molar-refractivity contribution is 6.10. The lowest BCUT2D eigenvalue weighted by atomic mass is 10.1. The summed E-state index contributed by atoms with van der Waals surface area (Å²) >= 11 is 0.